The quantitative estimate of drug-likeness (QED) is 0.781. The highest BCUT2D eigenvalue weighted by Crippen LogP contribution is 2.30. The largest absolute Gasteiger partial charge is 0.469 e. The third-order valence-electron chi connectivity index (χ3n) is 3.96. The number of hydrogen-bond donors (Lipinski definition) is 0. The minimum atomic E-state index is -0.0883. The molecule has 102 valence electrons. The van der Waals surface area contributed by atoms with E-state index in [2.05, 4.69) is 11.1 Å². The number of aryl methyl sites for hydroxylation is 1. The van der Waals surface area contributed by atoms with Gasteiger partial charge in [-0.15, -0.1) is 0 Å². The molecule has 0 aromatic carbocycles. The third-order valence-corrected chi connectivity index (χ3v) is 3.96. The Hall–Kier alpha value is -1.83. The van der Waals surface area contributed by atoms with E-state index in [1.165, 1.54) is 7.11 Å². The normalized spacial score (nSPS) is 22.8. The summed E-state index contributed by atoms with van der Waals surface area (Å²) in [7, 11) is 1.45. The van der Waals surface area contributed by atoms with Crippen LogP contribution < -0.4 is 0 Å². The van der Waals surface area contributed by atoms with Crippen LogP contribution in [0.2, 0.25) is 0 Å². The van der Waals surface area contributed by atoms with E-state index in [4.69, 9.17) is 10.00 Å². The Bertz CT molecular complexity index is 493. The number of esters is 1. The highest BCUT2D eigenvalue weighted by atomic mass is 16.5. The molecule has 0 spiro atoms. The first-order chi connectivity index (χ1) is 9.15. The number of nitriles is 1. The van der Waals surface area contributed by atoms with Crippen molar-refractivity contribution in [1.82, 2.24) is 9.55 Å². The fourth-order valence-electron chi connectivity index (χ4n) is 2.79. The summed E-state index contributed by atoms with van der Waals surface area (Å²) in [6.07, 6.45) is 5.50. The first kappa shape index (κ1) is 13.6. The number of methoxy groups -OCH3 is 1. The lowest BCUT2D eigenvalue weighted by molar-refractivity contribution is -0.146. The summed E-state index contributed by atoms with van der Waals surface area (Å²) < 4.78 is 6.71. The molecule has 1 aliphatic carbocycles. The Kier molecular flexibility index (Phi) is 4.20. The van der Waals surface area contributed by atoms with E-state index in [0.29, 0.717) is 11.6 Å². The second-order valence-electron chi connectivity index (χ2n) is 5.18. The van der Waals surface area contributed by atoms with Crippen LogP contribution in [0.5, 0.6) is 0 Å². The summed E-state index contributed by atoms with van der Waals surface area (Å²) in [4.78, 5) is 15.6. The highest BCUT2D eigenvalue weighted by Gasteiger charge is 2.27. The van der Waals surface area contributed by atoms with Crippen LogP contribution in [0.4, 0.5) is 0 Å². The number of carbonyl (C=O) groups is 1. The van der Waals surface area contributed by atoms with Crippen molar-refractivity contribution >= 4 is 5.97 Å². The zero-order valence-electron chi connectivity index (χ0n) is 11.4. The van der Waals surface area contributed by atoms with Crippen LogP contribution in [0.1, 0.15) is 37.1 Å². The van der Waals surface area contributed by atoms with Gasteiger partial charge < -0.3 is 9.30 Å². The lowest BCUT2D eigenvalue weighted by atomic mass is 9.82. The molecular formula is C14H19N3O2. The van der Waals surface area contributed by atoms with Crippen molar-refractivity contribution in [3.63, 3.8) is 0 Å². The zero-order chi connectivity index (χ0) is 13.8. The number of imidazole rings is 1. The van der Waals surface area contributed by atoms with Crippen LogP contribution >= 0.6 is 0 Å². The van der Waals surface area contributed by atoms with Crippen LogP contribution in [0.3, 0.4) is 0 Å². The van der Waals surface area contributed by atoms with Gasteiger partial charge in [-0.2, -0.15) is 5.26 Å². The molecule has 0 bridgehead atoms. The molecule has 0 N–H and O–H groups in total. The average Bonchev–Trinajstić information content (AvgIpc) is 2.79. The second-order valence-corrected chi connectivity index (χ2v) is 5.18. The molecule has 5 heteroatoms. The molecule has 0 radical (unpaired) electrons. The van der Waals surface area contributed by atoms with Crippen LogP contribution in [-0.4, -0.2) is 22.6 Å². The summed E-state index contributed by atoms with van der Waals surface area (Å²) in [5.74, 6) is 0.484. The van der Waals surface area contributed by atoms with E-state index in [1.54, 1.807) is 6.33 Å². The first-order valence-corrected chi connectivity index (χ1v) is 6.65. The standard InChI is InChI=1S/C14H19N3O2/c1-10-13(7-15)17(9-16-10)8-11-3-5-12(6-4-11)14(18)19-2/h9,11-12H,3-6,8H2,1-2H3/t11-,12-. The molecular weight excluding hydrogens is 242 g/mol. The Morgan fingerprint density at radius 2 is 2.21 bits per heavy atom. The Labute approximate surface area is 113 Å². The number of nitrogens with zero attached hydrogens (tertiary/aromatic N) is 3. The Balaban J connectivity index is 1.93. The Morgan fingerprint density at radius 3 is 2.79 bits per heavy atom. The molecule has 1 heterocycles. The molecule has 0 amide bonds. The average molecular weight is 261 g/mol. The van der Waals surface area contributed by atoms with Crippen LogP contribution in [0, 0.1) is 30.1 Å². The molecule has 0 saturated heterocycles. The topological polar surface area (TPSA) is 67.9 Å². The van der Waals surface area contributed by atoms with Crippen LogP contribution in [0.15, 0.2) is 6.33 Å². The molecule has 19 heavy (non-hydrogen) atoms. The van der Waals surface area contributed by atoms with Gasteiger partial charge in [0.15, 0.2) is 0 Å². The summed E-state index contributed by atoms with van der Waals surface area (Å²) >= 11 is 0. The van der Waals surface area contributed by atoms with Crippen molar-refractivity contribution in [3.05, 3.63) is 17.7 Å². The van der Waals surface area contributed by atoms with Gasteiger partial charge >= 0.3 is 5.97 Å². The summed E-state index contributed by atoms with van der Waals surface area (Å²) in [5, 5.41) is 9.09. The van der Waals surface area contributed by atoms with Gasteiger partial charge in [-0.05, 0) is 38.5 Å². The van der Waals surface area contributed by atoms with Crippen LogP contribution in [-0.2, 0) is 16.1 Å². The lowest BCUT2D eigenvalue weighted by Gasteiger charge is -2.27. The van der Waals surface area contributed by atoms with E-state index in [-0.39, 0.29) is 11.9 Å². The first-order valence-electron chi connectivity index (χ1n) is 6.65. The predicted octanol–water partition coefficient (Wildman–Crippen LogP) is 2.04. The van der Waals surface area contributed by atoms with E-state index < -0.39 is 0 Å². The maximum absolute atomic E-state index is 11.5. The van der Waals surface area contributed by atoms with Crippen LogP contribution in [0.25, 0.3) is 0 Å². The van der Waals surface area contributed by atoms with Gasteiger partial charge in [0.05, 0.1) is 25.0 Å². The maximum Gasteiger partial charge on any atom is 0.308 e. The van der Waals surface area contributed by atoms with E-state index in [0.717, 1.165) is 37.9 Å². The minimum Gasteiger partial charge on any atom is -0.469 e. The monoisotopic (exact) mass is 261 g/mol. The molecule has 1 aromatic rings. The van der Waals surface area contributed by atoms with E-state index in [1.807, 2.05) is 11.5 Å². The summed E-state index contributed by atoms with van der Waals surface area (Å²) in [6.45, 7) is 2.67. The molecule has 0 unspecified atom stereocenters. The smallest absolute Gasteiger partial charge is 0.308 e. The maximum atomic E-state index is 11.5. The highest BCUT2D eigenvalue weighted by molar-refractivity contribution is 5.72. The number of ether oxygens (including phenoxy) is 1. The SMILES string of the molecule is COC(=O)[C@H]1CC[C@H](Cn2cnc(C)c2C#N)CC1. The molecule has 5 nitrogen and oxygen atoms in total. The second kappa shape index (κ2) is 5.87. The van der Waals surface area contributed by atoms with Gasteiger partial charge in [0, 0.05) is 6.54 Å². The predicted molar refractivity (Wildman–Crippen MR) is 69.1 cm³/mol. The number of carbonyl (C=O) groups excluding carboxylic acids is 1. The van der Waals surface area contributed by atoms with E-state index in [9.17, 15) is 4.79 Å². The van der Waals surface area contributed by atoms with Crippen molar-refractivity contribution in [2.45, 2.75) is 39.2 Å². The van der Waals surface area contributed by atoms with Gasteiger partial charge in [-0.25, -0.2) is 4.98 Å². The van der Waals surface area contributed by atoms with Gasteiger partial charge in [0.25, 0.3) is 0 Å². The summed E-state index contributed by atoms with van der Waals surface area (Å²) in [6, 6.07) is 2.20. The van der Waals surface area contributed by atoms with Crippen molar-refractivity contribution in [1.29, 1.82) is 5.26 Å². The lowest BCUT2D eigenvalue weighted by Crippen LogP contribution is -2.25. The van der Waals surface area contributed by atoms with Crippen molar-refractivity contribution in [3.8, 4) is 6.07 Å². The van der Waals surface area contributed by atoms with E-state index >= 15 is 0 Å². The van der Waals surface area contributed by atoms with Gasteiger partial charge in [0.1, 0.15) is 11.8 Å². The molecule has 1 aliphatic rings. The van der Waals surface area contributed by atoms with Crippen molar-refractivity contribution in [2.24, 2.45) is 11.8 Å². The molecule has 0 aliphatic heterocycles. The van der Waals surface area contributed by atoms with Gasteiger partial charge in [-0.1, -0.05) is 0 Å². The number of rotatable bonds is 3. The minimum absolute atomic E-state index is 0.0567. The summed E-state index contributed by atoms with van der Waals surface area (Å²) in [5.41, 5.74) is 1.43. The Morgan fingerprint density at radius 1 is 1.53 bits per heavy atom. The van der Waals surface area contributed by atoms with Gasteiger partial charge in [0.2, 0.25) is 0 Å². The number of hydrogen-bond acceptors (Lipinski definition) is 4. The zero-order valence-corrected chi connectivity index (χ0v) is 11.4. The third kappa shape index (κ3) is 2.95. The molecule has 2 rings (SSSR count). The molecule has 1 saturated carbocycles. The fraction of sp³-hybridized carbons (Fsp3) is 0.643. The fourth-order valence-corrected chi connectivity index (χ4v) is 2.79. The molecule has 1 fully saturated rings. The molecule has 1 aromatic heterocycles. The molecule has 0 atom stereocenters. The van der Waals surface area contributed by atoms with Crippen molar-refractivity contribution < 1.29 is 9.53 Å². The van der Waals surface area contributed by atoms with Gasteiger partial charge in [-0.3, -0.25) is 4.79 Å². The van der Waals surface area contributed by atoms with Crippen molar-refractivity contribution in [2.75, 3.05) is 7.11 Å². The number of aromatic nitrogens is 2.